The molecule has 2 rings (SSSR count). The quantitative estimate of drug-likeness (QED) is 0.821. The number of hydrogen-bond donors (Lipinski definition) is 1. The fourth-order valence-corrected chi connectivity index (χ4v) is 2.09. The molecule has 20 heavy (non-hydrogen) atoms. The molecule has 1 atom stereocenters. The molecule has 2 aromatic rings. The van der Waals surface area contributed by atoms with Gasteiger partial charge in [0, 0.05) is 0 Å². The number of amides is 1. The van der Waals surface area contributed by atoms with Crippen LogP contribution in [0.2, 0.25) is 0 Å². The molecule has 0 radical (unpaired) electrons. The van der Waals surface area contributed by atoms with Gasteiger partial charge in [-0.25, -0.2) is 0 Å². The molecule has 0 aliphatic carbocycles. The predicted octanol–water partition coefficient (Wildman–Crippen LogP) is 2.53. The molecule has 4 nitrogen and oxygen atoms in total. The lowest BCUT2D eigenvalue weighted by Crippen LogP contribution is -2.35. The van der Waals surface area contributed by atoms with E-state index in [-0.39, 0.29) is 19.1 Å². The van der Waals surface area contributed by atoms with Crippen LogP contribution >= 0.6 is 0 Å². The summed E-state index contributed by atoms with van der Waals surface area (Å²) in [5, 5.41) is 9.66. The molecule has 0 aliphatic rings. The molecular weight excluding hydrogens is 254 g/mol. The Morgan fingerprint density at radius 2 is 2.05 bits per heavy atom. The maximum atomic E-state index is 12.1. The van der Waals surface area contributed by atoms with Gasteiger partial charge in [0.2, 0.25) is 5.91 Å². The van der Waals surface area contributed by atoms with Crippen LogP contribution < -0.4 is 0 Å². The summed E-state index contributed by atoms with van der Waals surface area (Å²) < 4.78 is 5.28. The molecule has 1 aromatic heterocycles. The fraction of sp³-hybridized carbons (Fsp3) is 0.188. The van der Waals surface area contributed by atoms with Crippen molar-refractivity contribution in [3.8, 4) is 0 Å². The molecule has 104 valence electrons. The van der Waals surface area contributed by atoms with Crippen molar-refractivity contribution in [1.82, 2.24) is 4.90 Å². The van der Waals surface area contributed by atoms with E-state index in [0.29, 0.717) is 5.76 Å². The first kappa shape index (κ1) is 14.1. The molecule has 0 unspecified atom stereocenters. The van der Waals surface area contributed by atoms with Gasteiger partial charge in [0.1, 0.15) is 5.76 Å². The van der Waals surface area contributed by atoms with Gasteiger partial charge in [-0.2, -0.15) is 0 Å². The third-order valence-electron chi connectivity index (χ3n) is 3.10. The number of furan rings is 1. The van der Waals surface area contributed by atoms with Gasteiger partial charge in [-0.05, 0) is 23.8 Å². The Bertz CT molecular complexity index is 548. The Balaban J connectivity index is 2.28. The first-order chi connectivity index (χ1) is 9.76. The van der Waals surface area contributed by atoms with Crippen molar-refractivity contribution in [3.05, 3.63) is 72.7 Å². The van der Waals surface area contributed by atoms with Crippen molar-refractivity contribution >= 4 is 5.91 Å². The molecule has 0 saturated carbocycles. The lowest BCUT2D eigenvalue weighted by atomic mass is 10.1. The van der Waals surface area contributed by atoms with E-state index in [1.165, 1.54) is 6.08 Å². The van der Waals surface area contributed by atoms with Gasteiger partial charge in [0.25, 0.3) is 0 Å². The Morgan fingerprint density at radius 3 is 2.60 bits per heavy atom. The van der Waals surface area contributed by atoms with E-state index in [2.05, 4.69) is 6.58 Å². The van der Waals surface area contributed by atoms with E-state index < -0.39 is 6.04 Å². The number of carbonyl (C=O) groups excluding carboxylic acids is 1. The van der Waals surface area contributed by atoms with Crippen molar-refractivity contribution in [2.75, 3.05) is 6.61 Å². The summed E-state index contributed by atoms with van der Waals surface area (Å²) in [6.07, 6.45) is 2.80. The molecule has 0 spiro atoms. The first-order valence-electron chi connectivity index (χ1n) is 6.37. The Morgan fingerprint density at radius 1 is 1.30 bits per heavy atom. The predicted molar refractivity (Wildman–Crippen MR) is 75.7 cm³/mol. The summed E-state index contributed by atoms with van der Waals surface area (Å²) in [6, 6.07) is 12.5. The van der Waals surface area contributed by atoms with Crippen LogP contribution in [0.5, 0.6) is 0 Å². The maximum absolute atomic E-state index is 12.1. The second-order valence-electron chi connectivity index (χ2n) is 4.36. The van der Waals surface area contributed by atoms with Crippen LogP contribution in [0.3, 0.4) is 0 Å². The highest BCUT2D eigenvalue weighted by atomic mass is 16.3. The largest absolute Gasteiger partial charge is 0.467 e. The summed E-state index contributed by atoms with van der Waals surface area (Å²) in [5.41, 5.74) is 0.872. The number of rotatable bonds is 6. The minimum Gasteiger partial charge on any atom is -0.467 e. The summed E-state index contributed by atoms with van der Waals surface area (Å²) in [6.45, 7) is 3.64. The second-order valence-corrected chi connectivity index (χ2v) is 4.36. The highest BCUT2D eigenvalue weighted by Crippen LogP contribution is 2.23. The van der Waals surface area contributed by atoms with Crippen molar-refractivity contribution in [2.24, 2.45) is 0 Å². The van der Waals surface area contributed by atoms with Crippen molar-refractivity contribution in [1.29, 1.82) is 0 Å². The topological polar surface area (TPSA) is 53.7 Å². The van der Waals surface area contributed by atoms with Crippen LogP contribution in [0.25, 0.3) is 0 Å². The SMILES string of the molecule is C=CC(=O)N(Cc1ccco1)[C@@H](CO)c1ccccc1. The molecular formula is C16H17NO3. The van der Waals surface area contributed by atoms with E-state index in [1.807, 2.05) is 30.3 Å². The monoisotopic (exact) mass is 271 g/mol. The van der Waals surface area contributed by atoms with E-state index >= 15 is 0 Å². The van der Waals surface area contributed by atoms with Gasteiger partial charge in [-0.3, -0.25) is 4.79 Å². The van der Waals surface area contributed by atoms with E-state index in [1.54, 1.807) is 23.3 Å². The molecule has 0 bridgehead atoms. The van der Waals surface area contributed by atoms with Gasteiger partial charge < -0.3 is 14.4 Å². The van der Waals surface area contributed by atoms with E-state index in [9.17, 15) is 9.90 Å². The molecule has 0 saturated heterocycles. The third-order valence-corrected chi connectivity index (χ3v) is 3.10. The molecule has 1 N–H and O–H groups in total. The molecule has 1 amide bonds. The smallest absolute Gasteiger partial charge is 0.246 e. The van der Waals surface area contributed by atoms with E-state index in [0.717, 1.165) is 5.56 Å². The maximum Gasteiger partial charge on any atom is 0.246 e. The highest BCUT2D eigenvalue weighted by molar-refractivity contribution is 5.87. The average molecular weight is 271 g/mol. The van der Waals surface area contributed by atoms with Gasteiger partial charge >= 0.3 is 0 Å². The van der Waals surface area contributed by atoms with Gasteiger partial charge in [-0.1, -0.05) is 36.9 Å². The molecule has 0 aliphatic heterocycles. The number of aliphatic hydroxyl groups excluding tert-OH is 1. The zero-order chi connectivity index (χ0) is 14.4. The normalized spacial score (nSPS) is 11.8. The number of carbonyl (C=O) groups is 1. The van der Waals surface area contributed by atoms with Crippen molar-refractivity contribution in [3.63, 3.8) is 0 Å². The molecule has 1 aromatic carbocycles. The molecule has 1 heterocycles. The lowest BCUT2D eigenvalue weighted by molar-refractivity contribution is -0.130. The number of nitrogens with zero attached hydrogens (tertiary/aromatic N) is 1. The lowest BCUT2D eigenvalue weighted by Gasteiger charge is -2.29. The summed E-state index contributed by atoms with van der Waals surface area (Å²) in [4.78, 5) is 13.6. The summed E-state index contributed by atoms with van der Waals surface area (Å²) in [5.74, 6) is 0.416. The highest BCUT2D eigenvalue weighted by Gasteiger charge is 2.23. The third kappa shape index (κ3) is 3.16. The fourth-order valence-electron chi connectivity index (χ4n) is 2.09. The standard InChI is InChI=1S/C16H17NO3/c1-2-16(19)17(11-14-9-6-10-20-14)15(12-18)13-7-4-3-5-8-13/h2-10,15,18H,1,11-12H2/t15-/m0/s1. The molecule has 0 fully saturated rings. The minimum absolute atomic E-state index is 0.162. The van der Waals surface area contributed by atoms with Crippen molar-refractivity contribution in [2.45, 2.75) is 12.6 Å². The number of aliphatic hydroxyl groups is 1. The van der Waals surface area contributed by atoms with Crippen LogP contribution in [-0.4, -0.2) is 22.5 Å². The van der Waals surface area contributed by atoms with Crippen LogP contribution in [-0.2, 0) is 11.3 Å². The number of benzene rings is 1. The molecule has 4 heteroatoms. The van der Waals surface area contributed by atoms with Crippen LogP contribution in [0.4, 0.5) is 0 Å². The Hall–Kier alpha value is -2.33. The second kappa shape index (κ2) is 6.73. The Labute approximate surface area is 117 Å². The van der Waals surface area contributed by atoms with Crippen LogP contribution in [0, 0.1) is 0 Å². The first-order valence-corrected chi connectivity index (χ1v) is 6.37. The zero-order valence-corrected chi connectivity index (χ0v) is 11.1. The average Bonchev–Trinajstić information content (AvgIpc) is 3.00. The minimum atomic E-state index is -0.424. The summed E-state index contributed by atoms with van der Waals surface area (Å²) in [7, 11) is 0. The van der Waals surface area contributed by atoms with Crippen molar-refractivity contribution < 1.29 is 14.3 Å². The van der Waals surface area contributed by atoms with Gasteiger partial charge in [0.05, 0.1) is 25.5 Å². The van der Waals surface area contributed by atoms with E-state index in [4.69, 9.17) is 4.42 Å². The van der Waals surface area contributed by atoms with Gasteiger partial charge in [0.15, 0.2) is 0 Å². The summed E-state index contributed by atoms with van der Waals surface area (Å²) >= 11 is 0. The van der Waals surface area contributed by atoms with Crippen LogP contribution in [0.15, 0.2) is 65.8 Å². The number of hydrogen-bond acceptors (Lipinski definition) is 3. The van der Waals surface area contributed by atoms with Crippen LogP contribution in [0.1, 0.15) is 17.4 Å². The van der Waals surface area contributed by atoms with Gasteiger partial charge in [-0.15, -0.1) is 0 Å². The Kier molecular flexibility index (Phi) is 4.74. The zero-order valence-electron chi connectivity index (χ0n) is 11.1.